The van der Waals surface area contributed by atoms with Crippen LogP contribution in [0.25, 0.3) is 0 Å². The number of methoxy groups -OCH3 is 1. The number of sulfone groups is 1. The van der Waals surface area contributed by atoms with E-state index < -0.39 is 112 Å². The summed E-state index contributed by atoms with van der Waals surface area (Å²) < 4.78 is 63.6. The third-order valence-corrected chi connectivity index (χ3v) is 16.3. The first-order valence-electron chi connectivity index (χ1n) is 24.7. The predicted octanol–water partition coefficient (Wildman–Crippen LogP) is 2.58. The molecule has 3 aliphatic heterocycles. The lowest BCUT2D eigenvalue weighted by atomic mass is 9.77. The predicted molar refractivity (Wildman–Crippen MR) is 260 cm³/mol. The van der Waals surface area contributed by atoms with Crippen molar-refractivity contribution in [3.05, 3.63) is 36.2 Å². The van der Waals surface area contributed by atoms with Crippen LogP contribution in [0.1, 0.15) is 101 Å². The van der Waals surface area contributed by atoms with Crippen LogP contribution >= 0.6 is 0 Å². The Balaban J connectivity index is 1.42. The van der Waals surface area contributed by atoms with E-state index in [0.717, 1.165) is 11.9 Å². The molecule has 1 aromatic heterocycles. The molecule has 20 nitrogen and oxygen atoms in total. The molecule has 18 atom stereocenters. The van der Waals surface area contributed by atoms with Crippen LogP contribution in [0.3, 0.4) is 0 Å². The summed E-state index contributed by atoms with van der Waals surface area (Å²) in [5.74, 6) is -2.83. The van der Waals surface area contributed by atoms with Crippen molar-refractivity contribution < 1.29 is 67.2 Å². The van der Waals surface area contributed by atoms with Gasteiger partial charge in [0.05, 0.1) is 65.7 Å². The third kappa shape index (κ3) is 13.8. The van der Waals surface area contributed by atoms with Gasteiger partial charge in [-0.05, 0) is 112 Å². The molecule has 0 bridgehead atoms. The van der Waals surface area contributed by atoms with Gasteiger partial charge in [-0.2, -0.15) is 0 Å². The Morgan fingerprint density at radius 3 is 2.24 bits per heavy atom. The minimum Gasteiger partial charge on any atom is -0.459 e. The van der Waals surface area contributed by atoms with E-state index >= 15 is 0 Å². The molecular weight excluding hydrogens is 929 g/mol. The highest BCUT2D eigenvalue weighted by atomic mass is 32.2. The van der Waals surface area contributed by atoms with Gasteiger partial charge in [0.2, 0.25) is 0 Å². The lowest BCUT2D eigenvalue weighted by Gasteiger charge is -2.49. The molecule has 21 heteroatoms. The van der Waals surface area contributed by atoms with Crippen molar-refractivity contribution in [1.82, 2.24) is 24.8 Å². The molecule has 0 aliphatic carbocycles. The average Bonchev–Trinajstić information content (AvgIpc) is 3.76. The Morgan fingerprint density at radius 1 is 0.971 bits per heavy atom. The van der Waals surface area contributed by atoms with E-state index in [-0.39, 0.29) is 36.2 Å². The van der Waals surface area contributed by atoms with Crippen molar-refractivity contribution in [2.75, 3.05) is 45.9 Å². The van der Waals surface area contributed by atoms with Crippen LogP contribution in [0.4, 0.5) is 5.69 Å². The number of benzene rings is 1. The lowest BCUT2D eigenvalue weighted by molar-refractivity contribution is -0.318. The monoisotopic (exact) mass is 1010 g/mol. The first-order chi connectivity index (χ1) is 32.5. The van der Waals surface area contributed by atoms with Crippen LogP contribution in [0, 0.1) is 17.8 Å². The zero-order valence-electron chi connectivity index (χ0n) is 43.8. The number of hydrogen-bond acceptors (Lipinski definition) is 19. The van der Waals surface area contributed by atoms with Gasteiger partial charge < -0.3 is 64.2 Å². The zero-order chi connectivity index (χ0) is 52.3. The average molecular weight is 1010 g/mol. The summed E-state index contributed by atoms with van der Waals surface area (Å²) >= 11 is 0. The summed E-state index contributed by atoms with van der Waals surface area (Å²) in [6.45, 7) is 19.1. The van der Waals surface area contributed by atoms with Crippen LogP contribution < -0.4 is 5.32 Å². The number of aliphatic hydroxyl groups is 5. The van der Waals surface area contributed by atoms with Gasteiger partial charge in [0.1, 0.15) is 35.7 Å². The van der Waals surface area contributed by atoms with Gasteiger partial charge in [0.25, 0.3) is 0 Å². The molecule has 0 radical (unpaired) electrons. The number of aliphatic hydroxyl groups excluding tert-OH is 3. The van der Waals surface area contributed by atoms with Crippen LogP contribution in [0.15, 0.2) is 35.4 Å². The van der Waals surface area contributed by atoms with Crippen LogP contribution in [-0.2, 0) is 56.1 Å². The number of hydrogen-bond donors (Lipinski definition) is 6. The Morgan fingerprint density at radius 2 is 1.63 bits per heavy atom. The van der Waals surface area contributed by atoms with Crippen molar-refractivity contribution in [3.63, 3.8) is 0 Å². The van der Waals surface area contributed by atoms with Gasteiger partial charge in [-0.15, -0.1) is 5.10 Å². The first-order valence-corrected chi connectivity index (χ1v) is 26.6. The zero-order valence-corrected chi connectivity index (χ0v) is 44.6. The van der Waals surface area contributed by atoms with Gasteiger partial charge in [-0.3, -0.25) is 14.4 Å². The Bertz CT molecular complexity index is 2100. The molecule has 3 fully saturated rings. The second kappa shape index (κ2) is 23.5. The molecule has 5 rings (SSSR count). The van der Waals surface area contributed by atoms with E-state index in [2.05, 4.69) is 15.6 Å². The minimum atomic E-state index is -3.31. The molecule has 3 aliphatic rings. The van der Waals surface area contributed by atoms with Crippen molar-refractivity contribution >= 4 is 21.5 Å². The minimum absolute atomic E-state index is 0.0911. The largest absolute Gasteiger partial charge is 0.459 e. The maximum Gasteiger partial charge on any atom is 0.311 e. The number of carbonyl (C=O) groups excluding carboxylic acids is 1. The van der Waals surface area contributed by atoms with Gasteiger partial charge in [0.15, 0.2) is 22.4 Å². The molecule has 6 N–H and O–H groups in total. The maximum atomic E-state index is 14.5. The fourth-order valence-corrected chi connectivity index (χ4v) is 11.3. The highest BCUT2D eigenvalue weighted by Gasteiger charge is 2.53. The maximum absolute atomic E-state index is 14.5. The number of carbonyl (C=O) groups is 1. The van der Waals surface area contributed by atoms with Gasteiger partial charge >= 0.3 is 5.97 Å². The summed E-state index contributed by atoms with van der Waals surface area (Å²) in [7, 11) is 1.91. The quantitative estimate of drug-likeness (QED) is 0.149. The smallest absolute Gasteiger partial charge is 0.311 e. The van der Waals surface area contributed by atoms with E-state index in [1.165, 1.54) is 14.0 Å². The van der Waals surface area contributed by atoms with Crippen molar-refractivity contribution in [2.24, 2.45) is 17.8 Å². The van der Waals surface area contributed by atoms with Crippen LogP contribution in [0.5, 0.6) is 0 Å². The molecule has 3 saturated heterocycles. The number of likely N-dealkylation sites (N-methyl/N-ethyl adjacent to an activating group) is 2. The summed E-state index contributed by atoms with van der Waals surface area (Å²) in [6.07, 6.45) is -6.27. The van der Waals surface area contributed by atoms with Gasteiger partial charge in [0, 0.05) is 56.6 Å². The van der Waals surface area contributed by atoms with Gasteiger partial charge in [-0.1, -0.05) is 26.0 Å². The Hall–Kier alpha value is -2.90. The second-order valence-corrected chi connectivity index (χ2v) is 23.3. The molecule has 4 heterocycles. The van der Waals surface area contributed by atoms with E-state index in [4.69, 9.17) is 28.4 Å². The first kappa shape index (κ1) is 58.0. The fourth-order valence-electron chi connectivity index (χ4n) is 10.6. The number of cyclic esters (lactones) is 1. The molecule has 0 unspecified atom stereocenters. The van der Waals surface area contributed by atoms with E-state index in [9.17, 15) is 38.7 Å². The summed E-state index contributed by atoms with van der Waals surface area (Å²) in [5, 5.41) is 71.4. The van der Waals surface area contributed by atoms with Gasteiger partial charge in [-0.25, -0.2) is 8.42 Å². The number of anilines is 1. The standard InChI is InChI=1S/C49H84N6O14S/c1-15-38-49(10,61)42(57)32(6)54(12)26-28(2)23-47(8,60)44(30(4)41(31(5)45(59)67-38)68-39-24-48(9,64-13)43(58)33(7)66-39)69-46-40(56)37(22-29(3)65-46)53(11)20-21-55-27-35(51-52-55)25-50-34-16-18-36(19-17-34)70(14,62)63/h16-19,27-33,37-44,46,50,56-58,60-61H,15,20-26H2,1-14H3/t28-,29-,30+,31-,32-,33+,37+,38-,39+,40-,41+,42-,43+,44-,46+,47-,48-,49-/m1/s1. The van der Waals surface area contributed by atoms with Crippen molar-refractivity contribution in [3.8, 4) is 0 Å². The molecular formula is C49H84N6O14S. The number of aromatic nitrogens is 3. The SMILES string of the molecule is CC[C@H]1OC(=O)[C@H](C)[C@@H](O[C@H]2C[C@@](C)(OC)[C@@H](O)[C@H](C)O2)[C@H](C)[C@@H](O[C@@H]2O[C@H](C)C[C@H](N(C)CCn3cc(CNc4ccc(S(C)(=O)=O)cc4)nn3)[C@H]2O)[C@](C)(O)C[C@@H](C)CN(C)[C@H](C)[C@@H](O)[C@]1(C)O. The second-order valence-electron chi connectivity index (χ2n) is 21.3. The molecule has 0 amide bonds. The molecule has 1 aromatic carbocycles. The lowest BCUT2D eigenvalue weighted by Crippen LogP contribution is -2.61. The van der Waals surface area contributed by atoms with Crippen molar-refractivity contribution in [1.29, 1.82) is 0 Å². The molecule has 2 aromatic rings. The number of nitrogens with zero attached hydrogens (tertiary/aromatic N) is 5. The molecule has 0 saturated carbocycles. The Labute approximate surface area is 415 Å². The summed E-state index contributed by atoms with van der Waals surface area (Å²) in [4.78, 5) is 18.6. The van der Waals surface area contributed by atoms with Crippen LogP contribution in [-0.4, -0.2) is 196 Å². The third-order valence-electron chi connectivity index (χ3n) is 15.1. The number of ether oxygens (including phenoxy) is 6. The highest BCUT2D eigenvalue weighted by Crippen LogP contribution is 2.40. The topological polar surface area (TPSA) is 257 Å². The molecule has 70 heavy (non-hydrogen) atoms. The van der Waals surface area contributed by atoms with Crippen molar-refractivity contribution in [2.45, 2.75) is 203 Å². The normalized spacial score (nSPS) is 40.1. The van der Waals surface area contributed by atoms with E-state index in [0.29, 0.717) is 38.3 Å². The van der Waals surface area contributed by atoms with Crippen LogP contribution in [0.2, 0.25) is 0 Å². The number of esters is 1. The molecule has 400 valence electrons. The fraction of sp³-hybridized carbons (Fsp3) is 0.816. The summed E-state index contributed by atoms with van der Waals surface area (Å²) in [5.41, 5.74) is -3.15. The van der Waals surface area contributed by atoms with E-state index in [1.54, 1.807) is 77.4 Å². The highest BCUT2D eigenvalue weighted by molar-refractivity contribution is 7.90. The molecule has 0 spiro atoms. The number of rotatable bonds is 14. The Kier molecular flexibility index (Phi) is 19.5. The van der Waals surface area contributed by atoms with E-state index in [1.807, 2.05) is 43.9 Å². The number of nitrogens with one attached hydrogen (secondary N) is 1. The summed E-state index contributed by atoms with van der Waals surface area (Å²) in [6, 6.07) is 5.45.